The van der Waals surface area contributed by atoms with Crippen LogP contribution < -0.4 is 10.2 Å². The lowest BCUT2D eigenvalue weighted by Crippen LogP contribution is -2.49. The van der Waals surface area contributed by atoms with Crippen LogP contribution in [0.1, 0.15) is 21.9 Å². The van der Waals surface area contributed by atoms with Crippen LogP contribution in [0.25, 0.3) is 0 Å². The van der Waals surface area contributed by atoms with E-state index < -0.39 is 0 Å². The van der Waals surface area contributed by atoms with Crippen LogP contribution in [0.3, 0.4) is 0 Å². The van der Waals surface area contributed by atoms with Crippen LogP contribution in [0.15, 0.2) is 60.7 Å². The maximum atomic E-state index is 13.0. The number of amides is 1. The van der Waals surface area contributed by atoms with Gasteiger partial charge in [0.25, 0.3) is 5.91 Å². The van der Waals surface area contributed by atoms with Gasteiger partial charge in [0, 0.05) is 43.6 Å². The van der Waals surface area contributed by atoms with E-state index in [2.05, 4.69) is 51.4 Å². The molecule has 0 radical (unpaired) electrons. The lowest BCUT2D eigenvalue weighted by atomic mass is 10.2. The molecule has 2 heterocycles. The molecule has 1 amide bonds. The van der Waals surface area contributed by atoms with Crippen molar-refractivity contribution >= 4 is 23.1 Å². The standard InChI is InChI=1S/C23H25N5O/c1-17-7-6-10-20(15-17)27-11-13-28(14-12-27)23(29)21-16-22(25-18(2)24-21)26-19-8-4-3-5-9-19/h3-10,15-16H,11-14H2,1-2H3,(H,24,25,26). The first-order valence-corrected chi connectivity index (χ1v) is 9.87. The molecule has 0 atom stereocenters. The van der Waals surface area contributed by atoms with Gasteiger partial charge in [-0.25, -0.2) is 9.97 Å². The summed E-state index contributed by atoms with van der Waals surface area (Å²) in [5.74, 6) is 1.16. The van der Waals surface area contributed by atoms with Crippen molar-refractivity contribution in [2.24, 2.45) is 0 Å². The number of piperazine rings is 1. The second kappa shape index (κ2) is 8.31. The number of nitrogens with one attached hydrogen (secondary N) is 1. The Hall–Kier alpha value is -3.41. The molecule has 6 nitrogen and oxygen atoms in total. The third-order valence-electron chi connectivity index (χ3n) is 5.04. The lowest BCUT2D eigenvalue weighted by molar-refractivity contribution is 0.0740. The van der Waals surface area contributed by atoms with Crippen molar-refractivity contribution in [3.63, 3.8) is 0 Å². The van der Waals surface area contributed by atoms with E-state index in [4.69, 9.17) is 0 Å². The molecule has 148 valence electrons. The third-order valence-corrected chi connectivity index (χ3v) is 5.04. The molecule has 0 spiro atoms. The molecule has 4 rings (SSSR count). The van der Waals surface area contributed by atoms with E-state index in [0.29, 0.717) is 30.4 Å². The van der Waals surface area contributed by atoms with Crippen molar-refractivity contribution in [2.75, 3.05) is 36.4 Å². The molecule has 1 fully saturated rings. The average molecular weight is 387 g/mol. The summed E-state index contributed by atoms with van der Waals surface area (Å²) in [5.41, 5.74) is 3.82. The molecule has 1 aromatic heterocycles. The molecule has 6 heteroatoms. The molecule has 29 heavy (non-hydrogen) atoms. The summed E-state index contributed by atoms with van der Waals surface area (Å²) in [6.45, 7) is 6.89. The van der Waals surface area contributed by atoms with Crippen LogP contribution in [0.2, 0.25) is 0 Å². The highest BCUT2D eigenvalue weighted by Crippen LogP contribution is 2.20. The van der Waals surface area contributed by atoms with Crippen molar-refractivity contribution < 1.29 is 4.79 Å². The number of aryl methyl sites for hydroxylation is 2. The number of hydrogen-bond donors (Lipinski definition) is 1. The number of rotatable bonds is 4. The zero-order valence-corrected chi connectivity index (χ0v) is 16.8. The van der Waals surface area contributed by atoms with Crippen LogP contribution >= 0.6 is 0 Å². The number of aromatic nitrogens is 2. The smallest absolute Gasteiger partial charge is 0.272 e. The van der Waals surface area contributed by atoms with E-state index >= 15 is 0 Å². The van der Waals surface area contributed by atoms with Gasteiger partial charge in [-0.1, -0.05) is 30.3 Å². The van der Waals surface area contributed by atoms with Gasteiger partial charge in [-0.15, -0.1) is 0 Å². The number of carbonyl (C=O) groups excluding carboxylic acids is 1. The van der Waals surface area contributed by atoms with Gasteiger partial charge in [0.15, 0.2) is 0 Å². The number of anilines is 3. The van der Waals surface area contributed by atoms with E-state index in [1.165, 1.54) is 11.3 Å². The summed E-state index contributed by atoms with van der Waals surface area (Å²) in [5, 5.41) is 3.25. The predicted octanol–water partition coefficient (Wildman–Crippen LogP) is 3.80. The topological polar surface area (TPSA) is 61.4 Å². The first-order chi connectivity index (χ1) is 14.1. The first-order valence-electron chi connectivity index (χ1n) is 9.87. The molecule has 0 bridgehead atoms. The highest BCUT2D eigenvalue weighted by Gasteiger charge is 2.24. The first kappa shape index (κ1) is 18.9. The summed E-state index contributed by atoms with van der Waals surface area (Å²) in [4.78, 5) is 26.0. The quantitative estimate of drug-likeness (QED) is 0.738. The molecule has 1 saturated heterocycles. The van der Waals surface area contributed by atoms with E-state index in [9.17, 15) is 4.79 Å². The fourth-order valence-electron chi connectivity index (χ4n) is 3.57. The van der Waals surface area contributed by atoms with E-state index in [1.54, 1.807) is 6.07 Å². The van der Waals surface area contributed by atoms with Crippen LogP contribution in [0.4, 0.5) is 17.2 Å². The summed E-state index contributed by atoms with van der Waals surface area (Å²) in [7, 11) is 0. The van der Waals surface area contributed by atoms with Crippen LogP contribution in [0, 0.1) is 13.8 Å². The Kier molecular flexibility index (Phi) is 5.42. The van der Waals surface area contributed by atoms with Gasteiger partial charge >= 0.3 is 0 Å². The monoisotopic (exact) mass is 387 g/mol. The Morgan fingerprint density at radius 1 is 0.897 bits per heavy atom. The summed E-state index contributed by atoms with van der Waals surface area (Å²) in [6.07, 6.45) is 0. The van der Waals surface area contributed by atoms with E-state index in [0.717, 1.165) is 18.8 Å². The number of nitrogens with zero attached hydrogens (tertiary/aromatic N) is 4. The van der Waals surface area contributed by atoms with Gasteiger partial charge in [0.2, 0.25) is 0 Å². The zero-order valence-electron chi connectivity index (χ0n) is 16.8. The van der Waals surface area contributed by atoms with Gasteiger partial charge in [-0.2, -0.15) is 0 Å². The molecule has 0 saturated carbocycles. The molecule has 2 aromatic carbocycles. The minimum atomic E-state index is -0.0458. The zero-order chi connectivity index (χ0) is 20.2. The maximum absolute atomic E-state index is 13.0. The summed E-state index contributed by atoms with van der Waals surface area (Å²) in [6, 6.07) is 20.0. The normalized spacial score (nSPS) is 14.0. The highest BCUT2D eigenvalue weighted by molar-refractivity contribution is 5.93. The Morgan fingerprint density at radius 3 is 2.38 bits per heavy atom. The molecule has 1 aliphatic heterocycles. The lowest BCUT2D eigenvalue weighted by Gasteiger charge is -2.36. The van der Waals surface area contributed by atoms with Gasteiger partial charge in [0.05, 0.1) is 0 Å². The Balaban J connectivity index is 1.44. The van der Waals surface area contributed by atoms with Crippen molar-refractivity contribution in [1.29, 1.82) is 0 Å². The van der Waals surface area contributed by atoms with Crippen LogP contribution in [-0.4, -0.2) is 47.0 Å². The van der Waals surface area contributed by atoms with Crippen molar-refractivity contribution in [3.05, 3.63) is 77.7 Å². The fraction of sp³-hybridized carbons (Fsp3) is 0.261. The van der Waals surface area contributed by atoms with Crippen LogP contribution in [-0.2, 0) is 0 Å². The number of hydrogen-bond acceptors (Lipinski definition) is 5. The second-order valence-electron chi connectivity index (χ2n) is 7.29. The minimum Gasteiger partial charge on any atom is -0.368 e. The van der Waals surface area contributed by atoms with Crippen molar-refractivity contribution in [3.8, 4) is 0 Å². The predicted molar refractivity (Wildman–Crippen MR) is 116 cm³/mol. The van der Waals surface area contributed by atoms with Crippen molar-refractivity contribution in [2.45, 2.75) is 13.8 Å². The molecule has 3 aromatic rings. The molecule has 1 aliphatic rings. The fourth-order valence-corrected chi connectivity index (χ4v) is 3.57. The van der Waals surface area contributed by atoms with Gasteiger partial charge in [-0.3, -0.25) is 4.79 Å². The van der Waals surface area contributed by atoms with Crippen molar-refractivity contribution in [1.82, 2.24) is 14.9 Å². The van der Waals surface area contributed by atoms with Gasteiger partial charge < -0.3 is 15.1 Å². The maximum Gasteiger partial charge on any atom is 0.272 e. The molecule has 1 N–H and O–H groups in total. The highest BCUT2D eigenvalue weighted by atomic mass is 16.2. The summed E-state index contributed by atoms with van der Waals surface area (Å²) < 4.78 is 0. The van der Waals surface area contributed by atoms with Gasteiger partial charge in [-0.05, 0) is 43.7 Å². The number of carbonyl (C=O) groups is 1. The van der Waals surface area contributed by atoms with Gasteiger partial charge in [0.1, 0.15) is 17.3 Å². The molecular weight excluding hydrogens is 362 g/mol. The van der Waals surface area contributed by atoms with E-state index in [-0.39, 0.29) is 5.91 Å². The van der Waals surface area contributed by atoms with E-state index in [1.807, 2.05) is 42.2 Å². The second-order valence-corrected chi connectivity index (χ2v) is 7.29. The molecule has 0 aliphatic carbocycles. The SMILES string of the molecule is Cc1cccc(N2CCN(C(=O)c3cc(Nc4ccccc4)nc(C)n3)CC2)c1. The van der Waals surface area contributed by atoms with Crippen LogP contribution in [0.5, 0.6) is 0 Å². The summed E-state index contributed by atoms with van der Waals surface area (Å²) >= 11 is 0. The molecule has 0 unspecified atom stereocenters. The number of benzene rings is 2. The largest absolute Gasteiger partial charge is 0.368 e. The number of para-hydroxylation sites is 1. The Labute approximate surface area is 171 Å². The third kappa shape index (κ3) is 4.54. The Morgan fingerprint density at radius 2 is 1.66 bits per heavy atom. The molecular formula is C23H25N5O. The Bertz CT molecular complexity index is 997. The average Bonchev–Trinajstić information content (AvgIpc) is 2.74. The minimum absolute atomic E-state index is 0.0458.